The van der Waals surface area contributed by atoms with Crippen LogP contribution in [0.1, 0.15) is 28.4 Å². The monoisotopic (exact) mass is 345 g/mol. The molecule has 0 unspecified atom stereocenters. The number of carbonyl (C=O) groups is 2. The SMILES string of the molecule is CC(=O)c1ccc(NC(=O)C[n+]2ccc(Cc3ccccc3)cc2)cc1. The van der Waals surface area contributed by atoms with E-state index in [-0.39, 0.29) is 18.2 Å². The lowest BCUT2D eigenvalue weighted by atomic mass is 10.1. The summed E-state index contributed by atoms with van der Waals surface area (Å²) in [7, 11) is 0. The Morgan fingerprint density at radius 1 is 0.846 bits per heavy atom. The zero-order valence-corrected chi connectivity index (χ0v) is 14.7. The van der Waals surface area contributed by atoms with Crippen LogP contribution in [-0.2, 0) is 17.8 Å². The first kappa shape index (κ1) is 17.5. The summed E-state index contributed by atoms with van der Waals surface area (Å²) in [4.78, 5) is 23.4. The topological polar surface area (TPSA) is 50.1 Å². The van der Waals surface area contributed by atoms with E-state index >= 15 is 0 Å². The lowest BCUT2D eigenvalue weighted by molar-refractivity contribution is -0.684. The molecule has 0 aliphatic rings. The number of anilines is 1. The third-order valence-corrected chi connectivity index (χ3v) is 4.11. The first-order valence-corrected chi connectivity index (χ1v) is 8.53. The van der Waals surface area contributed by atoms with Gasteiger partial charge in [0.1, 0.15) is 0 Å². The molecule has 26 heavy (non-hydrogen) atoms. The van der Waals surface area contributed by atoms with E-state index < -0.39 is 0 Å². The van der Waals surface area contributed by atoms with E-state index in [9.17, 15) is 9.59 Å². The second-order valence-electron chi connectivity index (χ2n) is 6.22. The molecule has 0 fully saturated rings. The Morgan fingerprint density at radius 3 is 2.08 bits per heavy atom. The number of amides is 1. The molecule has 3 aromatic rings. The standard InChI is InChI=1S/C22H20N2O2/c1-17(25)20-7-9-21(10-8-20)23-22(26)16-24-13-11-19(12-14-24)15-18-5-3-2-4-6-18/h2-14H,15-16H2,1H3/p+1. The fourth-order valence-corrected chi connectivity index (χ4v) is 2.70. The Balaban J connectivity index is 1.56. The van der Waals surface area contributed by atoms with Crippen LogP contribution in [0.25, 0.3) is 0 Å². The number of Topliss-reactive ketones (excluding diaryl/α,β-unsaturated/α-hetero) is 1. The summed E-state index contributed by atoms with van der Waals surface area (Å²) >= 11 is 0. The van der Waals surface area contributed by atoms with Crippen molar-refractivity contribution in [3.05, 3.63) is 95.8 Å². The molecule has 0 aliphatic heterocycles. The Hall–Kier alpha value is -3.27. The van der Waals surface area contributed by atoms with Gasteiger partial charge in [0.15, 0.2) is 18.2 Å². The van der Waals surface area contributed by atoms with Gasteiger partial charge in [-0.15, -0.1) is 0 Å². The lowest BCUT2D eigenvalue weighted by Crippen LogP contribution is -2.39. The highest BCUT2D eigenvalue weighted by Crippen LogP contribution is 2.10. The maximum Gasteiger partial charge on any atom is 0.290 e. The Labute approximate surface area is 153 Å². The highest BCUT2D eigenvalue weighted by molar-refractivity contribution is 5.95. The first-order valence-electron chi connectivity index (χ1n) is 8.53. The van der Waals surface area contributed by atoms with Crippen molar-refractivity contribution < 1.29 is 14.2 Å². The Bertz CT molecular complexity index is 886. The van der Waals surface area contributed by atoms with Crippen molar-refractivity contribution in [1.82, 2.24) is 0 Å². The molecular formula is C22H21N2O2+. The van der Waals surface area contributed by atoms with Crippen LogP contribution in [0.2, 0.25) is 0 Å². The Kier molecular flexibility index (Phi) is 5.54. The van der Waals surface area contributed by atoms with Gasteiger partial charge in [-0.2, -0.15) is 4.57 Å². The largest absolute Gasteiger partial charge is 0.321 e. The van der Waals surface area contributed by atoms with Crippen LogP contribution < -0.4 is 9.88 Å². The van der Waals surface area contributed by atoms with Crippen molar-refractivity contribution >= 4 is 17.4 Å². The third kappa shape index (κ3) is 4.86. The summed E-state index contributed by atoms with van der Waals surface area (Å²) in [6, 6.07) is 21.2. The first-order chi connectivity index (χ1) is 12.6. The van der Waals surface area contributed by atoms with Crippen molar-refractivity contribution in [2.75, 3.05) is 5.32 Å². The van der Waals surface area contributed by atoms with E-state index in [2.05, 4.69) is 17.4 Å². The van der Waals surface area contributed by atoms with Crippen molar-refractivity contribution in [2.45, 2.75) is 19.9 Å². The number of carbonyl (C=O) groups excluding carboxylic acids is 2. The van der Waals surface area contributed by atoms with Gasteiger partial charge in [0.2, 0.25) is 6.54 Å². The smallest absolute Gasteiger partial charge is 0.290 e. The summed E-state index contributed by atoms with van der Waals surface area (Å²) in [5.41, 5.74) is 3.78. The van der Waals surface area contributed by atoms with Crippen LogP contribution in [0.5, 0.6) is 0 Å². The molecule has 0 spiro atoms. The number of nitrogens with zero attached hydrogens (tertiary/aromatic N) is 1. The van der Waals surface area contributed by atoms with Gasteiger partial charge in [0.25, 0.3) is 5.91 Å². The number of rotatable bonds is 6. The highest BCUT2D eigenvalue weighted by atomic mass is 16.2. The van der Waals surface area contributed by atoms with Crippen LogP contribution in [0, 0.1) is 0 Å². The number of pyridine rings is 1. The van der Waals surface area contributed by atoms with E-state index in [1.54, 1.807) is 24.3 Å². The summed E-state index contributed by atoms with van der Waals surface area (Å²) in [5, 5.41) is 2.84. The number of hydrogen-bond acceptors (Lipinski definition) is 2. The second kappa shape index (κ2) is 8.21. The average Bonchev–Trinajstić information content (AvgIpc) is 2.64. The molecule has 130 valence electrons. The molecule has 0 atom stereocenters. The average molecular weight is 345 g/mol. The van der Waals surface area contributed by atoms with E-state index in [1.807, 2.05) is 47.3 Å². The van der Waals surface area contributed by atoms with Crippen molar-refractivity contribution in [2.24, 2.45) is 0 Å². The molecule has 1 aromatic heterocycles. The lowest BCUT2D eigenvalue weighted by Gasteiger charge is -2.04. The maximum absolute atomic E-state index is 12.2. The van der Waals surface area contributed by atoms with Crippen LogP contribution >= 0.6 is 0 Å². The molecule has 1 heterocycles. The predicted molar refractivity (Wildman–Crippen MR) is 101 cm³/mol. The fraction of sp³-hybridized carbons (Fsp3) is 0.136. The minimum atomic E-state index is -0.110. The summed E-state index contributed by atoms with van der Waals surface area (Å²) in [5.74, 6) is -0.101. The van der Waals surface area contributed by atoms with Crippen LogP contribution in [0.15, 0.2) is 79.1 Å². The van der Waals surface area contributed by atoms with E-state index in [0.717, 1.165) is 6.42 Å². The fourth-order valence-electron chi connectivity index (χ4n) is 2.70. The minimum absolute atomic E-state index is 0.00836. The number of benzene rings is 2. The van der Waals surface area contributed by atoms with Crippen LogP contribution in [0.4, 0.5) is 5.69 Å². The zero-order chi connectivity index (χ0) is 18.4. The van der Waals surface area contributed by atoms with Gasteiger partial charge in [0, 0.05) is 23.4 Å². The molecule has 0 bridgehead atoms. The summed E-state index contributed by atoms with van der Waals surface area (Å²) in [6.45, 7) is 1.76. The minimum Gasteiger partial charge on any atom is -0.321 e. The quantitative estimate of drug-likeness (QED) is 0.550. The van der Waals surface area contributed by atoms with Gasteiger partial charge in [0.05, 0.1) is 0 Å². The number of ketones is 1. The molecular weight excluding hydrogens is 324 g/mol. The van der Waals surface area contributed by atoms with Gasteiger partial charge >= 0.3 is 0 Å². The van der Waals surface area contributed by atoms with E-state index in [0.29, 0.717) is 11.3 Å². The number of hydrogen-bond donors (Lipinski definition) is 1. The molecule has 0 radical (unpaired) electrons. The normalized spacial score (nSPS) is 10.3. The highest BCUT2D eigenvalue weighted by Gasteiger charge is 2.10. The summed E-state index contributed by atoms with van der Waals surface area (Å²) in [6.07, 6.45) is 4.70. The van der Waals surface area contributed by atoms with Gasteiger partial charge in [-0.1, -0.05) is 30.3 Å². The zero-order valence-electron chi connectivity index (χ0n) is 14.7. The molecule has 4 nitrogen and oxygen atoms in total. The van der Waals surface area contributed by atoms with Crippen molar-refractivity contribution in [1.29, 1.82) is 0 Å². The van der Waals surface area contributed by atoms with Gasteiger partial charge in [-0.25, -0.2) is 0 Å². The molecule has 2 aromatic carbocycles. The van der Waals surface area contributed by atoms with E-state index in [4.69, 9.17) is 0 Å². The summed E-state index contributed by atoms with van der Waals surface area (Å²) < 4.78 is 1.84. The van der Waals surface area contributed by atoms with E-state index in [1.165, 1.54) is 18.1 Å². The van der Waals surface area contributed by atoms with Gasteiger partial charge < -0.3 is 5.32 Å². The molecule has 0 aliphatic carbocycles. The predicted octanol–water partition coefficient (Wildman–Crippen LogP) is 3.41. The molecule has 0 saturated carbocycles. The Morgan fingerprint density at radius 2 is 1.46 bits per heavy atom. The van der Waals surface area contributed by atoms with Gasteiger partial charge in [-0.3, -0.25) is 9.59 Å². The van der Waals surface area contributed by atoms with Crippen molar-refractivity contribution in [3.8, 4) is 0 Å². The molecule has 0 saturated heterocycles. The molecule has 3 rings (SSSR count). The third-order valence-electron chi connectivity index (χ3n) is 4.11. The van der Waals surface area contributed by atoms with Crippen LogP contribution in [0.3, 0.4) is 0 Å². The molecule has 1 N–H and O–H groups in total. The van der Waals surface area contributed by atoms with Crippen molar-refractivity contribution in [3.63, 3.8) is 0 Å². The number of nitrogens with one attached hydrogen (secondary N) is 1. The van der Waals surface area contributed by atoms with Gasteiger partial charge in [-0.05, 0) is 48.7 Å². The number of aromatic nitrogens is 1. The van der Waals surface area contributed by atoms with Crippen LogP contribution in [-0.4, -0.2) is 11.7 Å². The maximum atomic E-state index is 12.2. The molecule has 4 heteroatoms. The molecule has 1 amide bonds. The second-order valence-corrected chi connectivity index (χ2v) is 6.22.